The molecule has 2 atom stereocenters. The first-order chi connectivity index (χ1) is 10.1. The smallest absolute Gasteiger partial charge is 0.200 e. The Balaban J connectivity index is 2.72. The maximum absolute atomic E-state index is 12.5. The van der Waals surface area contributed by atoms with Gasteiger partial charge in [-0.2, -0.15) is 0 Å². The Morgan fingerprint density at radius 2 is 1.45 bits per heavy atom. The summed E-state index contributed by atoms with van der Waals surface area (Å²) < 4.78 is 6.64. The monoisotopic (exact) mass is 326 g/mol. The third kappa shape index (κ3) is 4.23. The summed E-state index contributed by atoms with van der Waals surface area (Å²) in [5.74, 6) is 1.81. The van der Waals surface area contributed by atoms with E-state index in [4.69, 9.17) is 4.43 Å². The Morgan fingerprint density at radius 1 is 0.955 bits per heavy atom. The van der Waals surface area contributed by atoms with Crippen LogP contribution in [0, 0.1) is 17.8 Å². The molecule has 2 nitrogen and oxygen atoms in total. The standard InChI is InChI=1S/C19H38O2Si/c1-13(2)17-9-10-18(19(20)11-17)12-21-22(14(3)4,15(5)6)16(7)8/h13-18H,9-12H2,1-8H3/t17-,18+/m0/s1. The third-order valence-corrected chi connectivity index (χ3v) is 12.1. The molecule has 1 fully saturated rings. The van der Waals surface area contributed by atoms with Gasteiger partial charge in [0.25, 0.3) is 0 Å². The van der Waals surface area contributed by atoms with E-state index in [-0.39, 0.29) is 5.92 Å². The lowest BCUT2D eigenvalue weighted by Gasteiger charge is -2.43. The lowest BCUT2D eigenvalue weighted by atomic mass is 9.76. The second-order valence-electron chi connectivity index (χ2n) is 8.58. The molecule has 1 saturated carbocycles. The van der Waals surface area contributed by atoms with E-state index in [1.54, 1.807) is 0 Å². The van der Waals surface area contributed by atoms with Crippen molar-refractivity contribution in [1.29, 1.82) is 0 Å². The van der Waals surface area contributed by atoms with Crippen molar-refractivity contribution in [2.45, 2.75) is 91.3 Å². The van der Waals surface area contributed by atoms with Crippen LogP contribution >= 0.6 is 0 Å². The van der Waals surface area contributed by atoms with Gasteiger partial charge in [0, 0.05) is 18.9 Å². The second-order valence-corrected chi connectivity index (χ2v) is 14.0. The fraction of sp³-hybridized carbons (Fsp3) is 0.947. The normalized spacial score (nSPS) is 24.1. The second kappa shape index (κ2) is 8.10. The van der Waals surface area contributed by atoms with Crippen molar-refractivity contribution in [2.24, 2.45) is 17.8 Å². The highest BCUT2D eigenvalue weighted by molar-refractivity contribution is 6.77. The Kier molecular flexibility index (Phi) is 7.32. The molecule has 0 bridgehead atoms. The predicted molar refractivity (Wildman–Crippen MR) is 97.7 cm³/mol. The molecule has 0 aliphatic heterocycles. The van der Waals surface area contributed by atoms with Gasteiger partial charge in [0.1, 0.15) is 5.78 Å². The van der Waals surface area contributed by atoms with Crippen LogP contribution in [0.3, 0.4) is 0 Å². The van der Waals surface area contributed by atoms with Crippen LogP contribution < -0.4 is 0 Å². The van der Waals surface area contributed by atoms with E-state index >= 15 is 0 Å². The number of Topliss-reactive ketones (excluding diaryl/α,β-unsaturated/α-hetero) is 1. The molecule has 0 aromatic carbocycles. The van der Waals surface area contributed by atoms with Crippen molar-refractivity contribution in [3.63, 3.8) is 0 Å². The summed E-state index contributed by atoms with van der Waals surface area (Å²) in [6.45, 7) is 19.0. The molecule has 0 heterocycles. The predicted octanol–water partition coefficient (Wildman–Crippen LogP) is 5.82. The molecule has 0 radical (unpaired) electrons. The highest BCUT2D eigenvalue weighted by atomic mass is 28.4. The van der Waals surface area contributed by atoms with Crippen molar-refractivity contribution >= 4 is 14.1 Å². The van der Waals surface area contributed by atoms with E-state index in [1.807, 2.05) is 0 Å². The van der Waals surface area contributed by atoms with E-state index in [1.165, 1.54) is 6.42 Å². The zero-order valence-corrected chi connectivity index (χ0v) is 17.1. The van der Waals surface area contributed by atoms with Crippen LogP contribution in [-0.4, -0.2) is 20.7 Å². The molecule has 0 unspecified atom stereocenters. The molecule has 0 amide bonds. The molecule has 0 saturated heterocycles. The summed E-state index contributed by atoms with van der Waals surface area (Å²) in [6.07, 6.45) is 2.99. The highest BCUT2D eigenvalue weighted by Crippen LogP contribution is 2.43. The van der Waals surface area contributed by atoms with E-state index in [0.717, 1.165) is 12.8 Å². The van der Waals surface area contributed by atoms with Crippen molar-refractivity contribution in [3.8, 4) is 0 Å². The Bertz CT molecular complexity index is 339. The minimum atomic E-state index is -1.83. The number of ketones is 1. The van der Waals surface area contributed by atoms with Gasteiger partial charge >= 0.3 is 0 Å². The van der Waals surface area contributed by atoms with Gasteiger partial charge in [-0.15, -0.1) is 0 Å². The SMILES string of the molecule is CC(C)[C@H]1CC[C@H](CO[Si](C(C)C)(C(C)C)C(C)C)C(=O)C1. The van der Waals surface area contributed by atoms with Crippen LogP contribution in [-0.2, 0) is 9.22 Å². The Labute approximate surface area is 139 Å². The van der Waals surface area contributed by atoms with Crippen LogP contribution in [0.25, 0.3) is 0 Å². The van der Waals surface area contributed by atoms with Crippen molar-refractivity contribution in [1.82, 2.24) is 0 Å². The van der Waals surface area contributed by atoms with Gasteiger partial charge in [-0.1, -0.05) is 55.4 Å². The van der Waals surface area contributed by atoms with Crippen LogP contribution in [0.2, 0.25) is 16.6 Å². The zero-order valence-electron chi connectivity index (χ0n) is 16.1. The van der Waals surface area contributed by atoms with E-state index < -0.39 is 8.32 Å². The van der Waals surface area contributed by atoms with Gasteiger partial charge in [-0.25, -0.2) is 0 Å². The first-order valence-electron chi connectivity index (χ1n) is 9.29. The van der Waals surface area contributed by atoms with E-state index in [2.05, 4.69) is 55.4 Å². The summed E-state index contributed by atoms with van der Waals surface area (Å²) >= 11 is 0. The van der Waals surface area contributed by atoms with Gasteiger partial charge in [0.15, 0.2) is 8.32 Å². The number of carbonyl (C=O) groups is 1. The summed E-state index contributed by atoms with van der Waals surface area (Å²) in [4.78, 5) is 12.5. The molecular formula is C19H38O2Si. The Hall–Kier alpha value is -0.153. The summed E-state index contributed by atoms with van der Waals surface area (Å²) in [5.41, 5.74) is 1.78. The maximum atomic E-state index is 12.5. The van der Waals surface area contributed by atoms with E-state index in [0.29, 0.717) is 40.8 Å². The van der Waals surface area contributed by atoms with Crippen molar-refractivity contribution < 1.29 is 9.22 Å². The highest BCUT2D eigenvalue weighted by Gasteiger charge is 2.45. The largest absolute Gasteiger partial charge is 0.415 e. The van der Waals surface area contributed by atoms with Gasteiger partial charge in [-0.05, 0) is 41.3 Å². The molecule has 1 aliphatic carbocycles. The minimum absolute atomic E-state index is 0.151. The van der Waals surface area contributed by atoms with Crippen LogP contribution in [0.5, 0.6) is 0 Å². The molecule has 0 N–H and O–H groups in total. The number of rotatable bonds is 7. The first kappa shape index (κ1) is 19.9. The minimum Gasteiger partial charge on any atom is -0.415 e. The van der Waals surface area contributed by atoms with Gasteiger partial charge in [-0.3, -0.25) is 4.79 Å². The van der Waals surface area contributed by atoms with Crippen LogP contribution in [0.15, 0.2) is 0 Å². The quantitative estimate of drug-likeness (QED) is 0.551. The Morgan fingerprint density at radius 3 is 1.82 bits per heavy atom. The van der Waals surface area contributed by atoms with Crippen LogP contribution in [0.4, 0.5) is 0 Å². The average Bonchev–Trinajstić information content (AvgIpc) is 2.39. The molecule has 0 aromatic rings. The molecule has 0 aromatic heterocycles. The lowest BCUT2D eigenvalue weighted by molar-refractivity contribution is -0.127. The fourth-order valence-electron chi connectivity index (χ4n) is 4.59. The van der Waals surface area contributed by atoms with Gasteiger partial charge in [0.2, 0.25) is 0 Å². The van der Waals surface area contributed by atoms with Crippen molar-refractivity contribution in [3.05, 3.63) is 0 Å². The topological polar surface area (TPSA) is 26.3 Å². The average molecular weight is 327 g/mol. The molecule has 1 rings (SSSR count). The van der Waals surface area contributed by atoms with Crippen LogP contribution in [0.1, 0.15) is 74.7 Å². The maximum Gasteiger partial charge on any atom is 0.200 e. The number of hydrogen-bond acceptors (Lipinski definition) is 2. The molecule has 22 heavy (non-hydrogen) atoms. The zero-order chi connectivity index (χ0) is 17.1. The van der Waals surface area contributed by atoms with Crippen molar-refractivity contribution in [2.75, 3.05) is 6.61 Å². The molecule has 3 heteroatoms. The fourth-order valence-corrected chi connectivity index (χ4v) is 10.1. The molecular weight excluding hydrogens is 288 g/mol. The first-order valence-corrected chi connectivity index (χ1v) is 11.4. The lowest BCUT2D eigenvalue weighted by Crippen LogP contribution is -2.49. The number of hydrogen-bond donors (Lipinski definition) is 0. The summed E-state index contributed by atoms with van der Waals surface area (Å²) in [7, 11) is -1.83. The van der Waals surface area contributed by atoms with Gasteiger partial charge < -0.3 is 4.43 Å². The third-order valence-electron chi connectivity index (χ3n) is 5.99. The molecule has 1 aliphatic rings. The molecule has 0 spiro atoms. The molecule has 130 valence electrons. The van der Waals surface area contributed by atoms with Gasteiger partial charge in [0.05, 0.1) is 0 Å². The summed E-state index contributed by atoms with van der Waals surface area (Å²) in [6, 6.07) is 0. The number of carbonyl (C=O) groups excluding carboxylic acids is 1. The summed E-state index contributed by atoms with van der Waals surface area (Å²) in [5, 5.41) is 0. The van der Waals surface area contributed by atoms with E-state index in [9.17, 15) is 4.79 Å².